The number of aryl methyl sites for hydroxylation is 1. The van der Waals surface area contributed by atoms with E-state index in [2.05, 4.69) is 0 Å². The first kappa shape index (κ1) is 23.3. The second-order valence-electron chi connectivity index (χ2n) is 7.42. The van der Waals surface area contributed by atoms with E-state index in [1.807, 2.05) is 37.3 Å². The molecule has 168 valence electrons. The summed E-state index contributed by atoms with van der Waals surface area (Å²) in [5.74, 6) is 0.557. The Hall–Kier alpha value is -3.32. The summed E-state index contributed by atoms with van der Waals surface area (Å²) in [4.78, 5) is 14.4. The van der Waals surface area contributed by atoms with Gasteiger partial charge in [-0.25, -0.2) is 8.42 Å². The molecule has 6 nitrogen and oxygen atoms in total. The van der Waals surface area contributed by atoms with Crippen LogP contribution in [0.2, 0.25) is 0 Å². The van der Waals surface area contributed by atoms with E-state index in [0.717, 1.165) is 11.3 Å². The van der Waals surface area contributed by atoms with Gasteiger partial charge in [0.15, 0.2) is 0 Å². The van der Waals surface area contributed by atoms with Crippen molar-refractivity contribution in [1.29, 1.82) is 0 Å². The molecule has 0 aliphatic carbocycles. The molecular formula is C25H28N2O4S. The minimum Gasteiger partial charge on any atom is -0.492 e. The Morgan fingerprint density at radius 1 is 0.906 bits per heavy atom. The summed E-state index contributed by atoms with van der Waals surface area (Å²) in [7, 11) is -2.03. The first-order valence-corrected chi connectivity index (χ1v) is 11.9. The van der Waals surface area contributed by atoms with E-state index in [-0.39, 0.29) is 10.8 Å². The van der Waals surface area contributed by atoms with E-state index in [4.69, 9.17) is 4.74 Å². The Labute approximate surface area is 190 Å². The molecule has 0 bridgehead atoms. The molecule has 3 aromatic rings. The first-order valence-electron chi connectivity index (χ1n) is 10.5. The lowest BCUT2D eigenvalue weighted by molar-refractivity contribution is 0.0773. The SMILES string of the molecule is CCN(c1ccccc1)S(=O)(=O)c1ccc(C(=O)N(C)CCOc2ccc(C)cc2)cc1. The number of hydrogen-bond donors (Lipinski definition) is 0. The number of hydrogen-bond acceptors (Lipinski definition) is 4. The highest BCUT2D eigenvalue weighted by Crippen LogP contribution is 2.23. The van der Waals surface area contributed by atoms with Gasteiger partial charge >= 0.3 is 0 Å². The molecule has 3 aromatic carbocycles. The molecule has 0 spiro atoms. The lowest BCUT2D eigenvalue weighted by Gasteiger charge is -2.23. The smallest absolute Gasteiger partial charge is 0.264 e. The van der Waals surface area contributed by atoms with Crippen LogP contribution in [0, 0.1) is 6.92 Å². The summed E-state index contributed by atoms with van der Waals surface area (Å²) in [6.07, 6.45) is 0. The van der Waals surface area contributed by atoms with Crippen LogP contribution in [-0.2, 0) is 10.0 Å². The Balaban J connectivity index is 1.64. The van der Waals surface area contributed by atoms with E-state index >= 15 is 0 Å². The van der Waals surface area contributed by atoms with Crippen molar-refractivity contribution in [3.8, 4) is 5.75 Å². The summed E-state index contributed by atoms with van der Waals surface area (Å²) in [5, 5.41) is 0. The predicted octanol–water partition coefficient (Wildman–Crippen LogP) is 4.36. The maximum atomic E-state index is 13.1. The van der Waals surface area contributed by atoms with Crippen molar-refractivity contribution in [3.05, 3.63) is 90.0 Å². The van der Waals surface area contributed by atoms with Crippen LogP contribution in [0.5, 0.6) is 5.75 Å². The van der Waals surface area contributed by atoms with Crippen LogP contribution >= 0.6 is 0 Å². The Morgan fingerprint density at radius 2 is 1.53 bits per heavy atom. The average molecular weight is 453 g/mol. The second-order valence-corrected chi connectivity index (χ2v) is 9.28. The molecular weight excluding hydrogens is 424 g/mol. The van der Waals surface area contributed by atoms with Crippen molar-refractivity contribution in [3.63, 3.8) is 0 Å². The van der Waals surface area contributed by atoms with Crippen molar-refractivity contribution < 1.29 is 17.9 Å². The van der Waals surface area contributed by atoms with Crippen LogP contribution in [0.4, 0.5) is 5.69 Å². The van der Waals surface area contributed by atoms with E-state index < -0.39 is 10.0 Å². The number of amides is 1. The van der Waals surface area contributed by atoms with Gasteiger partial charge in [-0.15, -0.1) is 0 Å². The fraction of sp³-hybridized carbons (Fsp3) is 0.240. The molecule has 0 unspecified atom stereocenters. The van der Waals surface area contributed by atoms with Crippen molar-refractivity contribution in [2.75, 3.05) is 31.0 Å². The molecule has 1 amide bonds. The topological polar surface area (TPSA) is 66.9 Å². The average Bonchev–Trinajstić information content (AvgIpc) is 2.81. The fourth-order valence-corrected chi connectivity index (χ4v) is 4.71. The highest BCUT2D eigenvalue weighted by atomic mass is 32.2. The molecule has 32 heavy (non-hydrogen) atoms. The predicted molar refractivity (Wildman–Crippen MR) is 127 cm³/mol. The van der Waals surface area contributed by atoms with Crippen LogP contribution in [0.15, 0.2) is 83.8 Å². The Kier molecular flexibility index (Phi) is 7.53. The molecule has 7 heteroatoms. The largest absolute Gasteiger partial charge is 0.492 e. The molecule has 0 radical (unpaired) electrons. The van der Waals surface area contributed by atoms with Gasteiger partial charge in [0, 0.05) is 19.2 Å². The molecule has 0 aliphatic rings. The summed E-state index contributed by atoms with van der Waals surface area (Å²) >= 11 is 0. The number of carbonyl (C=O) groups is 1. The summed E-state index contributed by atoms with van der Waals surface area (Å²) in [6.45, 7) is 4.87. The molecule has 3 rings (SSSR count). The van der Waals surface area contributed by atoms with Crippen LogP contribution in [-0.4, -0.2) is 46.0 Å². The number of nitrogens with zero attached hydrogens (tertiary/aromatic N) is 2. The van der Waals surface area contributed by atoms with Crippen LogP contribution in [0.25, 0.3) is 0 Å². The Bertz CT molecular complexity index is 1130. The summed E-state index contributed by atoms with van der Waals surface area (Å²) < 4.78 is 33.2. The third-order valence-corrected chi connectivity index (χ3v) is 7.00. The number of para-hydroxylation sites is 1. The highest BCUT2D eigenvalue weighted by molar-refractivity contribution is 7.92. The lowest BCUT2D eigenvalue weighted by Crippen LogP contribution is -2.31. The van der Waals surface area contributed by atoms with Crippen molar-refractivity contribution in [1.82, 2.24) is 4.90 Å². The van der Waals surface area contributed by atoms with Gasteiger partial charge in [-0.1, -0.05) is 35.9 Å². The highest BCUT2D eigenvalue weighted by Gasteiger charge is 2.24. The van der Waals surface area contributed by atoms with Gasteiger partial charge in [0.1, 0.15) is 12.4 Å². The second kappa shape index (κ2) is 10.3. The normalized spacial score (nSPS) is 11.1. The van der Waals surface area contributed by atoms with Gasteiger partial charge in [0.05, 0.1) is 17.1 Å². The maximum Gasteiger partial charge on any atom is 0.264 e. The van der Waals surface area contributed by atoms with Crippen LogP contribution < -0.4 is 9.04 Å². The standard InChI is InChI=1S/C25H28N2O4S/c1-4-27(22-8-6-5-7-9-22)32(29,30)24-16-12-21(13-17-24)25(28)26(3)18-19-31-23-14-10-20(2)11-15-23/h5-17H,4,18-19H2,1-3H3. The first-order chi connectivity index (χ1) is 15.3. The zero-order valence-corrected chi connectivity index (χ0v) is 19.4. The van der Waals surface area contributed by atoms with Crippen LogP contribution in [0.3, 0.4) is 0 Å². The van der Waals surface area contributed by atoms with E-state index in [9.17, 15) is 13.2 Å². The molecule has 0 heterocycles. The van der Waals surface area contributed by atoms with Gasteiger partial charge in [0.2, 0.25) is 0 Å². The van der Waals surface area contributed by atoms with Gasteiger partial charge in [-0.05, 0) is 62.4 Å². The molecule has 0 N–H and O–H groups in total. The van der Waals surface area contributed by atoms with Gasteiger partial charge in [-0.2, -0.15) is 0 Å². The van der Waals surface area contributed by atoms with Crippen LogP contribution in [0.1, 0.15) is 22.8 Å². The van der Waals surface area contributed by atoms with E-state index in [1.165, 1.54) is 16.4 Å². The fourth-order valence-electron chi connectivity index (χ4n) is 3.24. The van der Waals surface area contributed by atoms with Crippen molar-refractivity contribution >= 4 is 21.6 Å². The van der Waals surface area contributed by atoms with Gasteiger partial charge in [0.25, 0.3) is 15.9 Å². The number of carbonyl (C=O) groups excluding carboxylic acids is 1. The quantitative estimate of drug-likeness (QED) is 0.484. The monoisotopic (exact) mass is 452 g/mol. The molecule has 0 saturated heterocycles. The summed E-state index contributed by atoms with van der Waals surface area (Å²) in [6, 6.07) is 22.7. The zero-order chi connectivity index (χ0) is 23.1. The van der Waals surface area contributed by atoms with E-state index in [1.54, 1.807) is 55.3 Å². The Morgan fingerprint density at radius 3 is 2.12 bits per heavy atom. The van der Waals surface area contributed by atoms with Gasteiger partial charge < -0.3 is 9.64 Å². The van der Waals surface area contributed by atoms with Crippen molar-refractivity contribution in [2.45, 2.75) is 18.7 Å². The molecule has 0 atom stereocenters. The summed E-state index contributed by atoms with van der Waals surface area (Å²) in [5.41, 5.74) is 2.17. The maximum absolute atomic E-state index is 13.1. The molecule has 0 fully saturated rings. The third kappa shape index (κ3) is 5.48. The minimum atomic E-state index is -3.73. The molecule has 0 saturated carbocycles. The minimum absolute atomic E-state index is 0.144. The number of ether oxygens (including phenoxy) is 1. The van der Waals surface area contributed by atoms with E-state index in [0.29, 0.717) is 30.9 Å². The lowest BCUT2D eigenvalue weighted by atomic mass is 10.2. The third-order valence-electron chi connectivity index (χ3n) is 5.08. The van der Waals surface area contributed by atoms with Crippen molar-refractivity contribution in [2.24, 2.45) is 0 Å². The zero-order valence-electron chi connectivity index (χ0n) is 18.6. The number of anilines is 1. The number of sulfonamides is 1. The molecule has 0 aliphatic heterocycles. The van der Waals surface area contributed by atoms with Gasteiger partial charge in [-0.3, -0.25) is 9.10 Å². The molecule has 0 aromatic heterocycles. The number of benzene rings is 3. The number of rotatable bonds is 9. The number of likely N-dealkylation sites (N-methyl/N-ethyl adjacent to an activating group) is 1.